The topological polar surface area (TPSA) is 9.23 Å². The first-order chi connectivity index (χ1) is 6.23. The molecule has 0 aromatic heterocycles. The van der Waals surface area contributed by atoms with Crippen molar-refractivity contribution in [3.63, 3.8) is 0 Å². The van der Waals surface area contributed by atoms with Crippen LogP contribution in [-0.2, 0) is 4.74 Å². The van der Waals surface area contributed by atoms with Crippen LogP contribution < -0.4 is 0 Å². The first-order valence-corrected chi connectivity index (χ1v) is 6.01. The summed E-state index contributed by atoms with van der Waals surface area (Å²) in [6.07, 6.45) is 3.43. The molecule has 0 bridgehead atoms. The first kappa shape index (κ1) is 12.3. The minimum atomic E-state index is 0.0231. The van der Waals surface area contributed by atoms with Gasteiger partial charge in [-0.3, -0.25) is 0 Å². The molecule has 0 spiro atoms. The lowest BCUT2D eigenvalue weighted by atomic mass is 9.84. The van der Waals surface area contributed by atoms with Crippen molar-refractivity contribution >= 4 is 11.6 Å². The van der Waals surface area contributed by atoms with E-state index in [2.05, 4.69) is 34.6 Å². The Kier molecular flexibility index (Phi) is 3.53. The fourth-order valence-electron chi connectivity index (χ4n) is 2.56. The number of ether oxygens (including phenoxy) is 1. The molecule has 1 nitrogen and oxygen atoms in total. The summed E-state index contributed by atoms with van der Waals surface area (Å²) >= 11 is 5.98. The standard InChI is InChI=1S/C12H23ClO/c1-9(13)6-7-10-8-11(2,3)14-12(10,4)5/h9-10H,6-8H2,1-5H3. The Balaban J connectivity index is 2.53. The van der Waals surface area contributed by atoms with Gasteiger partial charge < -0.3 is 4.74 Å². The quantitative estimate of drug-likeness (QED) is 0.651. The summed E-state index contributed by atoms with van der Waals surface area (Å²) < 4.78 is 6.04. The van der Waals surface area contributed by atoms with Gasteiger partial charge in [0.25, 0.3) is 0 Å². The van der Waals surface area contributed by atoms with Crippen molar-refractivity contribution in [3.8, 4) is 0 Å². The van der Waals surface area contributed by atoms with E-state index in [4.69, 9.17) is 16.3 Å². The second-order valence-corrected chi connectivity index (χ2v) is 6.47. The SMILES string of the molecule is CC(Cl)CCC1CC(C)(C)OC1(C)C. The maximum atomic E-state index is 6.04. The van der Waals surface area contributed by atoms with Crippen LogP contribution in [-0.4, -0.2) is 16.6 Å². The van der Waals surface area contributed by atoms with Crippen molar-refractivity contribution in [2.24, 2.45) is 5.92 Å². The summed E-state index contributed by atoms with van der Waals surface area (Å²) in [7, 11) is 0. The molecule has 0 aromatic rings. The smallest absolute Gasteiger partial charge is 0.0662 e. The summed E-state index contributed by atoms with van der Waals surface area (Å²) in [5.41, 5.74) is 0.0684. The third-order valence-electron chi connectivity index (χ3n) is 3.17. The maximum Gasteiger partial charge on any atom is 0.0662 e. The Hall–Kier alpha value is 0.250. The maximum absolute atomic E-state index is 6.04. The fourth-order valence-corrected chi connectivity index (χ4v) is 2.68. The highest BCUT2D eigenvalue weighted by Gasteiger charge is 2.45. The molecular weight excluding hydrogens is 196 g/mol. The minimum absolute atomic E-state index is 0.0231. The third-order valence-corrected chi connectivity index (χ3v) is 3.39. The van der Waals surface area contributed by atoms with Gasteiger partial charge >= 0.3 is 0 Å². The van der Waals surface area contributed by atoms with Crippen molar-refractivity contribution < 1.29 is 4.74 Å². The van der Waals surface area contributed by atoms with Crippen LogP contribution >= 0.6 is 11.6 Å². The Morgan fingerprint density at radius 1 is 1.36 bits per heavy atom. The first-order valence-electron chi connectivity index (χ1n) is 5.57. The highest BCUT2D eigenvalue weighted by molar-refractivity contribution is 6.20. The van der Waals surface area contributed by atoms with Gasteiger partial charge in [-0.25, -0.2) is 0 Å². The van der Waals surface area contributed by atoms with Crippen LogP contribution in [0.15, 0.2) is 0 Å². The second kappa shape index (κ2) is 4.02. The summed E-state index contributed by atoms with van der Waals surface area (Å²) in [6.45, 7) is 10.8. The van der Waals surface area contributed by atoms with Crippen LogP contribution in [0.1, 0.15) is 53.9 Å². The number of alkyl halides is 1. The highest BCUT2D eigenvalue weighted by atomic mass is 35.5. The van der Waals surface area contributed by atoms with Crippen molar-refractivity contribution in [2.75, 3.05) is 0 Å². The van der Waals surface area contributed by atoms with E-state index in [1.54, 1.807) is 0 Å². The Morgan fingerprint density at radius 2 is 1.93 bits per heavy atom. The van der Waals surface area contributed by atoms with Crippen molar-refractivity contribution in [3.05, 3.63) is 0 Å². The molecule has 0 aromatic carbocycles. The second-order valence-electron chi connectivity index (χ2n) is 5.72. The van der Waals surface area contributed by atoms with Gasteiger partial charge in [0.15, 0.2) is 0 Å². The van der Waals surface area contributed by atoms with Crippen molar-refractivity contribution in [1.82, 2.24) is 0 Å². The predicted octanol–water partition coefficient (Wildman–Crippen LogP) is 3.99. The zero-order valence-corrected chi connectivity index (χ0v) is 10.8. The van der Waals surface area contributed by atoms with Gasteiger partial charge in [-0.2, -0.15) is 0 Å². The van der Waals surface area contributed by atoms with Crippen LogP contribution in [0.3, 0.4) is 0 Å². The van der Waals surface area contributed by atoms with Gasteiger partial charge in [-0.1, -0.05) is 0 Å². The molecule has 1 rings (SSSR count). The van der Waals surface area contributed by atoms with Crippen LogP contribution in [0.5, 0.6) is 0 Å². The third kappa shape index (κ3) is 3.13. The van der Waals surface area contributed by atoms with E-state index < -0.39 is 0 Å². The number of hydrogen-bond donors (Lipinski definition) is 0. The lowest BCUT2D eigenvalue weighted by Gasteiger charge is -2.27. The summed E-state index contributed by atoms with van der Waals surface area (Å²) in [6, 6.07) is 0. The zero-order valence-electron chi connectivity index (χ0n) is 10.1. The average molecular weight is 219 g/mol. The average Bonchev–Trinajstić information content (AvgIpc) is 2.14. The molecule has 14 heavy (non-hydrogen) atoms. The van der Waals surface area contributed by atoms with Gasteiger partial charge in [0.05, 0.1) is 11.2 Å². The zero-order chi connectivity index (χ0) is 11.0. The number of halogens is 1. The summed E-state index contributed by atoms with van der Waals surface area (Å²) in [4.78, 5) is 0. The Morgan fingerprint density at radius 3 is 2.29 bits per heavy atom. The Bertz CT molecular complexity index is 196. The summed E-state index contributed by atoms with van der Waals surface area (Å²) in [5, 5.41) is 0.287. The lowest BCUT2D eigenvalue weighted by Crippen LogP contribution is -2.29. The van der Waals surface area contributed by atoms with E-state index in [0.29, 0.717) is 5.92 Å². The van der Waals surface area contributed by atoms with Crippen LogP contribution in [0.2, 0.25) is 0 Å². The van der Waals surface area contributed by atoms with E-state index >= 15 is 0 Å². The minimum Gasteiger partial charge on any atom is -0.369 e. The molecule has 0 radical (unpaired) electrons. The highest BCUT2D eigenvalue weighted by Crippen LogP contribution is 2.44. The van der Waals surface area contributed by atoms with Crippen LogP contribution in [0, 0.1) is 5.92 Å². The molecule has 2 unspecified atom stereocenters. The van der Waals surface area contributed by atoms with Gasteiger partial charge in [0.1, 0.15) is 0 Å². The largest absolute Gasteiger partial charge is 0.369 e. The van der Waals surface area contributed by atoms with E-state index in [1.807, 2.05) is 0 Å². The molecule has 1 fully saturated rings. The molecule has 0 saturated carbocycles. The molecule has 0 amide bonds. The fraction of sp³-hybridized carbons (Fsp3) is 1.00. The van der Waals surface area contributed by atoms with Gasteiger partial charge in [0, 0.05) is 5.38 Å². The van der Waals surface area contributed by atoms with Crippen molar-refractivity contribution in [1.29, 1.82) is 0 Å². The Labute approximate surface area is 93.2 Å². The molecule has 0 aliphatic carbocycles. The van der Waals surface area contributed by atoms with E-state index in [-0.39, 0.29) is 16.6 Å². The molecule has 1 aliphatic heterocycles. The number of hydrogen-bond acceptors (Lipinski definition) is 1. The molecule has 2 heteroatoms. The van der Waals surface area contributed by atoms with E-state index in [1.165, 1.54) is 6.42 Å². The van der Waals surface area contributed by atoms with Crippen LogP contribution in [0.4, 0.5) is 0 Å². The molecule has 1 saturated heterocycles. The van der Waals surface area contributed by atoms with E-state index in [0.717, 1.165) is 12.8 Å². The molecule has 1 heterocycles. The van der Waals surface area contributed by atoms with E-state index in [9.17, 15) is 0 Å². The lowest BCUT2D eigenvalue weighted by molar-refractivity contribution is -0.0752. The monoisotopic (exact) mass is 218 g/mol. The number of rotatable bonds is 3. The van der Waals surface area contributed by atoms with Gasteiger partial charge in [-0.05, 0) is 59.8 Å². The molecule has 0 N–H and O–H groups in total. The molecule has 1 aliphatic rings. The normalized spacial score (nSPS) is 31.7. The molecule has 84 valence electrons. The van der Waals surface area contributed by atoms with Crippen LogP contribution in [0.25, 0.3) is 0 Å². The molecular formula is C12H23ClO. The predicted molar refractivity (Wildman–Crippen MR) is 61.9 cm³/mol. The summed E-state index contributed by atoms with van der Waals surface area (Å²) in [5.74, 6) is 0.652. The van der Waals surface area contributed by atoms with Crippen molar-refractivity contribution in [2.45, 2.75) is 70.5 Å². The van der Waals surface area contributed by atoms with Gasteiger partial charge in [0.2, 0.25) is 0 Å². The van der Waals surface area contributed by atoms with Gasteiger partial charge in [-0.15, -0.1) is 11.6 Å². The molecule has 2 atom stereocenters.